The number of nitrogens with zero attached hydrogens (tertiary/aromatic N) is 1. The molecule has 0 aliphatic carbocycles. The number of ether oxygens (including phenoxy) is 1. The van der Waals surface area contributed by atoms with E-state index in [-0.39, 0.29) is 5.60 Å². The third-order valence-corrected chi connectivity index (χ3v) is 3.94. The van der Waals surface area contributed by atoms with Gasteiger partial charge >= 0.3 is 0 Å². The van der Waals surface area contributed by atoms with E-state index in [4.69, 9.17) is 4.74 Å². The Morgan fingerprint density at radius 2 is 2.25 bits per heavy atom. The Bertz CT molecular complexity index is 230. The zero-order chi connectivity index (χ0) is 11.6. The van der Waals surface area contributed by atoms with E-state index in [0.717, 1.165) is 19.6 Å². The van der Waals surface area contributed by atoms with Crippen molar-refractivity contribution >= 4 is 0 Å². The molecule has 2 unspecified atom stereocenters. The lowest BCUT2D eigenvalue weighted by Crippen LogP contribution is -2.53. The van der Waals surface area contributed by atoms with E-state index in [1.807, 2.05) is 0 Å². The molecule has 2 saturated heterocycles. The number of piperazine rings is 1. The second-order valence-corrected chi connectivity index (χ2v) is 5.80. The second-order valence-electron chi connectivity index (χ2n) is 5.80. The predicted octanol–water partition coefficient (Wildman–Crippen LogP) is 1.63. The van der Waals surface area contributed by atoms with Crippen LogP contribution in [-0.2, 0) is 4.74 Å². The summed E-state index contributed by atoms with van der Waals surface area (Å²) in [5, 5.41) is 3.47. The van der Waals surface area contributed by atoms with Crippen LogP contribution in [-0.4, -0.2) is 48.8 Å². The van der Waals surface area contributed by atoms with Crippen LogP contribution in [0.25, 0.3) is 0 Å². The largest absolute Gasteiger partial charge is 0.371 e. The normalized spacial score (nSPS) is 35.4. The van der Waals surface area contributed by atoms with Crippen LogP contribution in [0.5, 0.6) is 0 Å². The molecular weight excluding hydrogens is 200 g/mol. The molecule has 16 heavy (non-hydrogen) atoms. The molecule has 3 heteroatoms. The summed E-state index contributed by atoms with van der Waals surface area (Å²) in [6.07, 6.45) is 4.14. The van der Waals surface area contributed by atoms with Gasteiger partial charge in [0.15, 0.2) is 0 Å². The summed E-state index contributed by atoms with van der Waals surface area (Å²) in [4.78, 5) is 2.61. The van der Waals surface area contributed by atoms with Crippen molar-refractivity contribution in [2.75, 3.05) is 26.2 Å². The van der Waals surface area contributed by atoms with Gasteiger partial charge in [0, 0.05) is 32.2 Å². The first-order chi connectivity index (χ1) is 7.61. The molecule has 0 bridgehead atoms. The maximum Gasteiger partial charge on any atom is 0.0710 e. The lowest BCUT2D eigenvalue weighted by atomic mass is 10.0. The molecule has 0 radical (unpaired) electrons. The van der Waals surface area contributed by atoms with Crippen LogP contribution in [0, 0.1) is 0 Å². The molecule has 0 amide bonds. The maximum absolute atomic E-state index is 6.08. The first-order valence-electron chi connectivity index (χ1n) is 6.73. The standard InChI is InChI=1S/C13H26N2O/c1-4-11-9-14-7-8-15(11)10-12-5-6-13(2,3)16-12/h11-12,14H,4-10H2,1-3H3. The van der Waals surface area contributed by atoms with Crippen LogP contribution >= 0.6 is 0 Å². The Labute approximate surface area is 99.5 Å². The monoisotopic (exact) mass is 226 g/mol. The van der Waals surface area contributed by atoms with Gasteiger partial charge in [0.05, 0.1) is 11.7 Å². The molecule has 2 aliphatic heterocycles. The molecule has 0 aromatic carbocycles. The smallest absolute Gasteiger partial charge is 0.0710 e. The Kier molecular flexibility index (Phi) is 3.88. The molecule has 0 aromatic rings. The molecule has 94 valence electrons. The first kappa shape index (κ1) is 12.3. The fourth-order valence-corrected chi connectivity index (χ4v) is 2.91. The van der Waals surface area contributed by atoms with Gasteiger partial charge < -0.3 is 10.1 Å². The van der Waals surface area contributed by atoms with Gasteiger partial charge in [0.1, 0.15) is 0 Å². The fraction of sp³-hybridized carbons (Fsp3) is 1.00. The average Bonchev–Trinajstić information content (AvgIpc) is 2.59. The van der Waals surface area contributed by atoms with Crippen LogP contribution in [0.15, 0.2) is 0 Å². The number of hydrogen-bond donors (Lipinski definition) is 1. The Balaban J connectivity index is 1.84. The summed E-state index contributed by atoms with van der Waals surface area (Å²) in [5.74, 6) is 0. The van der Waals surface area contributed by atoms with E-state index in [1.165, 1.54) is 25.8 Å². The van der Waals surface area contributed by atoms with Crippen molar-refractivity contribution in [2.24, 2.45) is 0 Å². The predicted molar refractivity (Wildman–Crippen MR) is 66.7 cm³/mol. The van der Waals surface area contributed by atoms with Crippen molar-refractivity contribution in [1.82, 2.24) is 10.2 Å². The number of hydrogen-bond acceptors (Lipinski definition) is 3. The molecule has 2 fully saturated rings. The molecule has 0 saturated carbocycles. The van der Waals surface area contributed by atoms with Crippen LogP contribution in [0.2, 0.25) is 0 Å². The quantitative estimate of drug-likeness (QED) is 0.791. The number of rotatable bonds is 3. The van der Waals surface area contributed by atoms with Crippen LogP contribution < -0.4 is 5.32 Å². The highest BCUT2D eigenvalue weighted by molar-refractivity contribution is 4.86. The Hall–Kier alpha value is -0.120. The Morgan fingerprint density at radius 1 is 1.44 bits per heavy atom. The van der Waals surface area contributed by atoms with Gasteiger partial charge in [-0.15, -0.1) is 0 Å². The van der Waals surface area contributed by atoms with Crippen LogP contribution in [0.1, 0.15) is 40.0 Å². The molecule has 3 nitrogen and oxygen atoms in total. The molecular formula is C13H26N2O. The van der Waals surface area contributed by atoms with E-state index < -0.39 is 0 Å². The Morgan fingerprint density at radius 3 is 2.88 bits per heavy atom. The van der Waals surface area contributed by atoms with Gasteiger partial charge in [-0.3, -0.25) is 4.90 Å². The van der Waals surface area contributed by atoms with E-state index in [9.17, 15) is 0 Å². The van der Waals surface area contributed by atoms with Gasteiger partial charge in [0.2, 0.25) is 0 Å². The number of nitrogens with one attached hydrogen (secondary N) is 1. The van der Waals surface area contributed by atoms with Crippen molar-refractivity contribution < 1.29 is 4.74 Å². The van der Waals surface area contributed by atoms with E-state index in [1.54, 1.807) is 0 Å². The second kappa shape index (κ2) is 5.03. The van der Waals surface area contributed by atoms with Gasteiger partial charge in [-0.25, -0.2) is 0 Å². The van der Waals surface area contributed by atoms with Crippen molar-refractivity contribution in [1.29, 1.82) is 0 Å². The highest BCUT2D eigenvalue weighted by Crippen LogP contribution is 2.30. The zero-order valence-electron chi connectivity index (χ0n) is 11.0. The van der Waals surface area contributed by atoms with Crippen molar-refractivity contribution in [3.63, 3.8) is 0 Å². The summed E-state index contributed by atoms with van der Waals surface area (Å²) >= 11 is 0. The van der Waals surface area contributed by atoms with E-state index >= 15 is 0 Å². The van der Waals surface area contributed by atoms with Gasteiger partial charge in [-0.05, 0) is 33.1 Å². The fourth-order valence-electron chi connectivity index (χ4n) is 2.91. The third kappa shape index (κ3) is 2.96. The third-order valence-electron chi connectivity index (χ3n) is 3.94. The maximum atomic E-state index is 6.08. The first-order valence-corrected chi connectivity index (χ1v) is 6.73. The van der Waals surface area contributed by atoms with E-state index in [0.29, 0.717) is 12.1 Å². The minimum Gasteiger partial charge on any atom is -0.371 e. The zero-order valence-corrected chi connectivity index (χ0v) is 11.0. The summed E-state index contributed by atoms with van der Waals surface area (Å²) in [7, 11) is 0. The molecule has 2 heterocycles. The summed E-state index contributed by atoms with van der Waals surface area (Å²) < 4.78 is 6.08. The van der Waals surface area contributed by atoms with Crippen molar-refractivity contribution in [3.05, 3.63) is 0 Å². The molecule has 2 atom stereocenters. The molecule has 2 aliphatic rings. The summed E-state index contributed by atoms with van der Waals surface area (Å²) in [6, 6.07) is 0.709. The topological polar surface area (TPSA) is 24.5 Å². The molecule has 0 spiro atoms. The van der Waals surface area contributed by atoms with Crippen LogP contribution in [0.4, 0.5) is 0 Å². The lowest BCUT2D eigenvalue weighted by Gasteiger charge is -2.37. The van der Waals surface area contributed by atoms with Gasteiger partial charge in [-0.1, -0.05) is 6.92 Å². The summed E-state index contributed by atoms with van der Waals surface area (Å²) in [6.45, 7) is 11.3. The minimum atomic E-state index is 0.112. The van der Waals surface area contributed by atoms with Crippen LogP contribution in [0.3, 0.4) is 0 Å². The van der Waals surface area contributed by atoms with E-state index in [2.05, 4.69) is 31.0 Å². The highest BCUT2D eigenvalue weighted by Gasteiger charge is 2.34. The van der Waals surface area contributed by atoms with Crippen molar-refractivity contribution in [3.8, 4) is 0 Å². The lowest BCUT2D eigenvalue weighted by molar-refractivity contribution is -0.0361. The minimum absolute atomic E-state index is 0.112. The van der Waals surface area contributed by atoms with Gasteiger partial charge in [-0.2, -0.15) is 0 Å². The average molecular weight is 226 g/mol. The van der Waals surface area contributed by atoms with Gasteiger partial charge in [0.25, 0.3) is 0 Å². The summed E-state index contributed by atoms with van der Waals surface area (Å²) in [5.41, 5.74) is 0.112. The molecule has 0 aromatic heterocycles. The SMILES string of the molecule is CCC1CNCCN1CC1CCC(C)(C)O1. The molecule has 1 N–H and O–H groups in total. The molecule has 2 rings (SSSR count). The highest BCUT2D eigenvalue weighted by atomic mass is 16.5. The van der Waals surface area contributed by atoms with Crippen molar-refractivity contribution in [2.45, 2.75) is 57.8 Å².